The first-order chi connectivity index (χ1) is 15.2. The molecule has 0 aliphatic carbocycles. The number of fused-ring (bicyclic) bond motifs is 1. The van der Waals surface area contributed by atoms with Gasteiger partial charge in [-0.05, 0) is 24.1 Å². The summed E-state index contributed by atoms with van der Waals surface area (Å²) in [7, 11) is 3.21. The average molecular weight is 414 g/mol. The Morgan fingerprint density at radius 1 is 1.03 bits per heavy atom. The molecular weight excluding hydrogens is 392 g/mol. The number of ether oxygens (including phenoxy) is 1. The first-order valence-electron chi connectivity index (χ1n) is 9.84. The number of carbonyl (C=O) groups is 1. The molecule has 0 aliphatic heterocycles. The Morgan fingerprint density at radius 3 is 2.74 bits per heavy atom. The lowest BCUT2D eigenvalue weighted by molar-refractivity contribution is 0.0964. The minimum absolute atomic E-state index is 0.121. The van der Waals surface area contributed by atoms with Crippen molar-refractivity contribution < 1.29 is 9.53 Å². The summed E-state index contributed by atoms with van der Waals surface area (Å²) in [5.41, 5.74) is 4.19. The van der Waals surface area contributed by atoms with Crippen molar-refractivity contribution in [2.75, 3.05) is 26.0 Å². The molecule has 3 heterocycles. The Bertz CT molecular complexity index is 1230. The molecule has 0 atom stereocenters. The summed E-state index contributed by atoms with van der Waals surface area (Å²) in [4.78, 5) is 29.4. The van der Waals surface area contributed by atoms with Gasteiger partial charge in [0.15, 0.2) is 0 Å². The van der Waals surface area contributed by atoms with E-state index in [0.717, 1.165) is 40.0 Å². The quantitative estimate of drug-likeness (QED) is 0.479. The third-order valence-corrected chi connectivity index (χ3v) is 4.93. The number of amides is 1. The van der Waals surface area contributed by atoms with Crippen molar-refractivity contribution in [3.05, 3.63) is 72.3 Å². The zero-order valence-electron chi connectivity index (χ0n) is 17.3. The van der Waals surface area contributed by atoms with E-state index in [4.69, 9.17) is 4.74 Å². The number of rotatable bonds is 7. The normalized spacial score (nSPS) is 10.6. The van der Waals surface area contributed by atoms with E-state index in [0.29, 0.717) is 18.0 Å². The van der Waals surface area contributed by atoms with Crippen molar-refractivity contribution in [3.8, 4) is 17.1 Å². The topological polar surface area (TPSA) is 102 Å². The molecule has 0 unspecified atom stereocenters. The van der Waals surface area contributed by atoms with Crippen LogP contribution in [0.5, 0.6) is 5.88 Å². The third kappa shape index (κ3) is 4.42. The number of nitrogens with one attached hydrogen (secondary N) is 2. The number of para-hydroxylation sites is 1. The molecule has 1 aromatic carbocycles. The maximum atomic E-state index is 12.1. The van der Waals surface area contributed by atoms with Crippen LogP contribution in [0.2, 0.25) is 0 Å². The maximum absolute atomic E-state index is 12.1. The number of carbonyl (C=O) groups excluding carboxylic acids is 1. The van der Waals surface area contributed by atoms with E-state index in [9.17, 15) is 4.79 Å². The Hall–Kier alpha value is -4.07. The monoisotopic (exact) mass is 414 g/mol. The molecule has 31 heavy (non-hydrogen) atoms. The van der Waals surface area contributed by atoms with Crippen LogP contribution in [-0.2, 0) is 6.42 Å². The Balaban J connectivity index is 1.50. The Kier molecular flexibility index (Phi) is 5.98. The molecule has 0 spiro atoms. The van der Waals surface area contributed by atoms with E-state index in [1.165, 1.54) is 6.33 Å². The maximum Gasteiger partial charge on any atom is 0.251 e. The number of benzene rings is 1. The highest BCUT2D eigenvalue weighted by Crippen LogP contribution is 2.23. The van der Waals surface area contributed by atoms with Gasteiger partial charge in [-0.3, -0.25) is 9.78 Å². The van der Waals surface area contributed by atoms with E-state index >= 15 is 0 Å². The summed E-state index contributed by atoms with van der Waals surface area (Å²) < 4.78 is 5.18. The Labute approximate surface area is 179 Å². The molecule has 4 rings (SSSR count). The van der Waals surface area contributed by atoms with Gasteiger partial charge >= 0.3 is 0 Å². The molecule has 8 heteroatoms. The molecule has 0 saturated heterocycles. The number of nitrogens with zero attached hydrogens (tertiary/aromatic N) is 4. The van der Waals surface area contributed by atoms with Gasteiger partial charge in [-0.1, -0.05) is 18.2 Å². The van der Waals surface area contributed by atoms with Gasteiger partial charge in [0.05, 0.1) is 23.9 Å². The van der Waals surface area contributed by atoms with Crippen molar-refractivity contribution in [1.29, 1.82) is 0 Å². The van der Waals surface area contributed by atoms with Gasteiger partial charge in [0.2, 0.25) is 5.88 Å². The predicted molar refractivity (Wildman–Crippen MR) is 119 cm³/mol. The molecule has 0 bridgehead atoms. The molecule has 4 aromatic rings. The minimum atomic E-state index is -0.121. The molecule has 2 N–H and O–H groups in total. The highest BCUT2D eigenvalue weighted by Gasteiger charge is 2.11. The third-order valence-electron chi connectivity index (χ3n) is 4.93. The second kappa shape index (κ2) is 9.17. The lowest BCUT2D eigenvalue weighted by Gasteiger charge is -2.10. The number of hydrogen-bond acceptors (Lipinski definition) is 7. The summed E-state index contributed by atoms with van der Waals surface area (Å²) in [5.74, 6) is 1.13. The van der Waals surface area contributed by atoms with Gasteiger partial charge in [-0.15, -0.1) is 0 Å². The van der Waals surface area contributed by atoms with Crippen LogP contribution in [-0.4, -0.2) is 46.5 Å². The highest BCUT2D eigenvalue weighted by atomic mass is 16.5. The van der Waals surface area contributed by atoms with Crippen molar-refractivity contribution in [3.63, 3.8) is 0 Å². The van der Waals surface area contributed by atoms with E-state index in [-0.39, 0.29) is 5.91 Å². The number of anilines is 1. The van der Waals surface area contributed by atoms with Crippen LogP contribution in [0.1, 0.15) is 15.9 Å². The predicted octanol–water partition coefficient (Wildman–Crippen LogP) is 3.11. The molecule has 0 saturated carbocycles. The smallest absolute Gasteiger partial charge is 0.251 e. The number of pyridine rings is 2. The first-order valence-corrected chi connectivity index (χ1v) is 9.84. The SMILES string of the molecule is CNC(=O)c1ccnc2c(CCNc3cc(-c4ccnc(OC)c4)ncn3)cccc12. The largest absolute Gasteiger partial charge is 0.481 e. The summed E-state index contributed by atoms with van der Waals surface area (Å²) >= 11 is 0. The Morgan fingerprint density at radius 2 is 1.90 bits per heavy atom. The summed E-state index contributed by atoms with van der Waals surface area (Å²) in [5, 5.41) is 6.86. The molecule has 8 nitrogen and oxygen atoms in total. The van der Waals surface area contributed by atoms with Gasteiger partial charge in [-0.25, -0.2) is 15.0 Å². The van der Waals surface area contributed by atoms with Crippen molar-refractivity contribution in [1.82, 2.24) is 25.3 Å². The number of aromatic nitrogens is 4. The fourth-order valence-electron chi connectivity index (χ4n) is 3.39. The average Bonchev–Trinajstić information content (AvgIpc) is 2.83. The standard InChI is InChI=1S/C23H22N6O2/c1-24-23(30)18-8-11-27-22-15(4-3-5-17(18)22)6-9-25-20-13-19(28-14-29-20)16-7-10-26-21(12-16)31-2/h3-5,7-8,10-14H,6,9H2,1-2H3,(H,24,30)(H,25,28,29). The molecular formula is C23H22N6O2. The van der Waals surface area contributed by atoms with E-state index in [2.05, 4.69) is 30.6 Å². The van der Waals surface area contributed by atoms with Gasteiger partial charge in [0.1, 0.15) is 12.1 Å². The van der Waals surface area contributed by atoms with E-state index in [1.807, 2.05) is 36.4 Å². The molecule has 0 fully saturated rings. The van der Waals surface area contributed by atoms with Crippen molar-refractivity contribution in [2.24, 2.45) is 0 Å². The van der Waals surface area contributed by atoms with Crippen molar-refractivity contribution >= 4 is 22.6 Å². The number of methoxy groups -OCH3 is 1. The van der Waals surface area contributed by atoms with E-state index in [1.54, 1.807) is 32.6 Å². The first kappa shape index (κ1) is 20.2. The molecule has 156 valence electrons. The van der Waals surface area contributed by atoms with Gasteiger partial charge < -0.3 is 15.4 Å². The van der Waals surface area contributed by atoms with Crippen LogP contribution >= 0.6 is 0 Å². The van der Waals surface area contributed by atoms with Crippen LogP contribution in [0.4, 0.5) is 5.82 Å². The number of hydrogen-bond donors (Lipinski definition) is 2. The lowest BCUT2D eigenvalue weighted by Crippen LogP contribution is -2.18. The summed E-state index contributed by atoms with van der Waals surface area (Å²) in [6, 6.07) is 13.2. The van der Waals surface area contributed by atoms with Crippen LogP contribution in [0.3, 0.4) is 0 Å². The summed E-state index contributed by atoms with van der Waals surface area (Å²) in [6.45, 7) is 0.654. The van der Waals surface area contributed by atoms with Crippen LogP contribution < -0.4 is 15.4 Å². The second-order valence-electron chi connectivity index (χ2n) is 6.80. The molecule has 0 radical (unpaired) electrons. The second-order valence-corrected chi connectivity index (χ2v) is 6.80. The van der Waals surface area contributed by atoms with Crippen LogP contribution in [0.15, 0.2) is 61.2 Å². The zero-order chi connectivity index (χ0) is 21.6. The molecule has 0 aliphatic rings. The molecule has 3 aromatic heterocycles. The zero-order valence-corrected chi connectivity index (χ0v) is 17.3. The fourth-order valence-corrected chi connectivity index (χ4v) is 3.39. The van der Waals surface area contributed by atoms with Crippen LogP contribution in [0.25, 0.3) is 22.2 Å². The summed E-state index contributed by atoms with van der Waals surface area (Å²) in [6.07, 6.45) is 5.61. The highest BCUT2D eigenvalue weighted by molar-refractivity contribution is 6.06. The van der Waals surface area contributed by atoms with Gasteiger partial charge in [0.25, 0.3) is 5.91 Å². The van der Waals surface area contributed by atoms with Crippen molar-refractivity contribution in [2.45, 2.75) is 6.42 Å². The molecule has 1 amide bonds. The van der Waals surface area contributed by atoms with E-state index < -0.39 is 0 Å². The minimum Gasteiger partial charge on any atom is -0.481 e. The van der Waals surface area contributed by atoms with Crippen LogP contribution in [0, 0.1) is 0 Å². The van der Waals surface area contributed by atoms with Gasteiger partial charge in [0, 0.05) is 49.1 Å². The lowest BCUT2D eigenvalue weighted by atomic mass is 10.0. The fraction of sp³-hybridized carbons (Fsp3) is 0.174. The van der Waals surface area contributed by atoms with Gasteiger partial charge in [-0.2, -0.15) is 0 Å².